The van der Waals surface area contributed by atoms with E-state index in [1.165, 1.54) is 6.42 Å². The van der Waals surface area contributed by atoms with Crippen LogP contribution in [0.1, 0.15) is 36.0 Å². The van der Waals surface area contributed by atoms with Gasteiger partial charge in [-0.2, -0.15) is 0 Å². The summed E-state index contributed by atoms with van der Waals surface area (Å²) in [7, 11) is 0. The van der Waals surface area contributed by atoms with E-state index in [0.29, 0.717) is 17.2 Å². The molecule has 0 aromatic heterocycles. The number of piperazine rings is 1. The molecule has 2 amide bonds. The van der Waals surface area contributed by atoms with Crippen molar-refractivity contribution in [2.75, 3.05) is 63.0 Å². The Hall–Kier alpha value is -2.28. The van der Waals surface area contributed by atoms with Crippen molar-refractivity contribution in [2.24, 2.45) is 5.92 Å². The fraction of sp³-hybridized carbons (Fsp3) is 0.619. The molecule has 2 heterocycles. The van der Waals surface area contributed by atoms with Gasteiger partial charge < -0.3 is 25.8 Å². The first-order valence-electron chi connectivity index (χ1n) is 10.6. The number of hydrogen-bond acceptors (Lipinski definition) is 5. The number of anilines is 2. The average Bonchev–Trinajstić information content (AvgIpc) is 2.95. The molecule has 1 saturated carbocycles. The van der Waals surface area contributed by atoms with Gasteiger partial charge in [-0.3, -0.25) is 9.59 Å². The summed E-state index contributed by atoms with van der Waals surface area (Å²) < 4.78 is 0. The molecule has 0 atom stereocenters. The summed E-state index contributed by atoms with van der Waals surface area (Å²) in [5.41, 5.74) is 8.57. The third-order valence-corrected chi connectivity index (χ3v) is 6.29. The quantitative estimate of drug-likeness (QED) is 0.763. The maximum atomic E-state index is 12.8. The lowest BCUT2D eigenvalue weighted by molar-refractivity contribution is -0.138. The van der Waals surface area contributed by atoms with E-state index in [0.717, 1.165) is 77.3 Å². The van der Waals surface area contributed by atoms with Gasteiger partial charge in [0.15, 0.2) is 0 Å². The molecule has 0 spiro atoms. The van der Waals surface area contributed by atoms with Gasteiger partial charge in [0, 0.05) is 57.3 Å². The normalized spacial score (nSPS) is 21.2. The SMILES string of the molecule is Nc1cc(C(=O)N2CCCNCC2)ccc1N1CCN(C(=O)C2CCC2)CC1. The van der Waals surface area contributed by atoms with E-state index in [-0.39, 0.29) is 11.8 Å². The number of benzene rings is 1. The largest absolute Gasteiger partial charge is 0.397 e. The summed E-state index contributed by atoms with van der Waals surface area (Å²) in [6, 6.07) is 5.65. The van der Waals surface area contributed by atoms with Gasteiger partial charge in [-0.25, -0.2) is 0 Å². The molecule has 1 aromatic carbocycles. The summed E-state index contributed by atoms with van der Waals surface area (Å²) >= 11 is 0. The van der Waals surface area contributed by atoms with Crippen LogP contribution >= 0.6 is 0 Å². The molecule has 28 heavy (non-hydrogen) atoms. The highest BCUT2D eigenvalue weighted by Crippen LogP contribution is 2.30. The number of nitrogens with one attached hydrogen (secondary N) is 1. The summed E-state index contributed by atoms with van der Waals surface area (Å²) in [4.78, 5) is 31.3. The maximum absolute atomic E-state index is 12.8. The molecule has 0 radical (unpaired) electrons. The predicted octanol–water partition coefficient (Wildman–Crippen LogP) is 1.15. The van der Waals surface area contributed by atoms with E-state index in [1.54, 1.807) is 0 Å². The third-order valence-electron chi connectivity index (χ3n) is 6.29. The minimum Gasteiger partial charge on any atom is -0.397 e. The van der Waals surface area contributed by atoms with Crippen LogP contribution in [-0.2, 0) is 4.79 Å². The van der Waals surface area contributed by atoms with Crippen molar-refractivity contribution in [3.05, 3.63) is 23.8 Å². The van der Waals surface area contributed by atoms with Gasteiger partial charge in [0.05, 0.1) is 11.4 Å². The Labute approximate surface area is 166 Å². The smallest absolute Gasteiger partial charge is 0.253 e. The molecule has 1 aliphatic carbocycles. The van der Waals surface area contributed by atoms with Crippen LogP contribution in [0.3, 0.4) is 0 Å². The zero-order valence-electron chi connectivity index (χ0n) is 16.5. The van der Waals surface area contributed by atoms with Crippen LogP contribution in [0.4, 0.5) is 11.4 Å². The molecule has 7 heteroatoms. The number of nitrogens with zero attached hydrogens (tertiary/aromatic N) is 3. The number of rotatable bonds is 3. The second kappa shape index (κ2) is 8.39. The van der Waals surface area contributed by atoms with Crippen molar-refractivity contribution in [3.8, 4) is 0 Å². The topological polar surface area (TPSA) is 81.9 Å². The summed E-state index contributed by atoms with van der Waals surface area (Å²) in [5.74, 6) is 0.640. The van der Waals surface area contributed by atoms with Gasteiger partial charge in [-0.05, 0) is 44.0 Å². The molecular formula is C21H31N5O2. The van der Waals surface area contributed by atoms with Crippen molar-refractivity contribution in [1.82, 2.24) is 15.1 Å². The fourth-order valence-corrected chi connectivity index (χ4v) is 4.29. The van der Waals surface area contributed by atoms with E-state index in [1.807, 2.05) is 28.0 Å². The number of amides is 2. The zero-order chi connectivity index (χ0) is 19.5. The van der Waals surface area contributed by atoms with Crippen LogP contribution in [-0.4, -0.2) is 74.0 Å². The van der Waals surface area contributed by atoms with Gasteiger partial charge in [0.25, 0.3) is 5.91 Å². The molecule has 3 N–H and O–H groups in total. The van der Waals surface area contributed by atoms with Gasteiger partial charge >= 0.3 is 0 Å². The molecule has 3 fully saturated rings. The van der Waals surface area contributed by atoms with Crippen LogP contribution in [0.2, 0.25) is 0 Å². The number of hydrogen-bond donors (Lipinski definition) is 2. The van der Waals surface area contributed by atoms with Crippen molar-refractivity contribution in [1.29, 1.82) is 0 Å². The Bertz CT molecular complexity index is 718. The highest BCUT2D eigenvalue weighted by atomic mass is 16.2. The molecule has 3 aliphatic rings. The van der Waals surface area contributed by atoms with Gasteiger partial charge in [-0.15, -0.1) is 0 Å². The molecule has 0 unspecified atom stereocenters. The van der Waals surface area contributed by atoms with Crippen molar-refractivity contribution >= 4 is 23.2 Å². The molecule has 152 valence electrons. The van der Waals surface area contributed by atoms with E-state index in [4.69, 9.17) is 5.73 Å². The maximum Gasteiger partial charge on any atom is 0.253 e. The lowest BCUT2D eigenvalue weighted by Gasteiger charge is -2.39. The van der Waals surface area contributed by atoms with Crippen molar-refractivity contribution < 1.29 is 9.59 Å². The van der Waals surface area contributed by atoms with E-state index >= 15 is 0 Å². The van der Waals surface area contributed by atoms with Crippen molar-refractivity contribution in [3.63, 3.8) is 0 Å². The molecule has 4 rings (SSSR count). The first-order chi connectivity index (χ1) is 13.6. The summed E-state index contributed by atoms with van der Waals surface area (Å²) in [5, 5.41) is 3.32. The number of carbonyl (C=O) groups is 2. The molecule has 2 aliphatic heterocycles. The standard InChI is InChI=1S/C21H31N5O2/c22-18-15-17(21(28)25-9-2-7-23-8-10-25)5-6-19(18)24-11-13-26(14-12-24)20(27)16-3-1-4-16/h5-6,15-16,23H,1-4,7-14,22H2. The van der Waals surface area contributed by atoms with Crippen LogP contribution < -0.4 is 16.0 Å². The van der Waals surface area contributed by atoms with Crippen LogP contribution in [0.25, 0.3) is 0 Å². The van der Waals surface area contributed by atoms with Gasteiger partial charge in [0.1, 0.15) is 0 Å². The highest BCUT2D eigenvalue weighted by molar-refractivity contribution is 5.96. The number of carbonyl (C=O) groups excluding carboxylic acids is 2. The molecule has 7 nitrogen and oxygen atoms in total. The first kappa shape index (κ1) is 19.1. The fourth-order valence-electron chi connectivity index (χ4n) is 4.29. The molecule has 2 saturated heterocycles. The van der Waals surface area contributed by atoms with Crippen molar-refractivity contribution in [2.45, 2.75) is 25.7 Å². The Balaban J connectivity index is 1.38. The number of nitrogen functional groups attached to an aromatic ring is 1. The Kier molecular flexibility index (Phi) is 5.71. The lowest BCUT2D eigenvalue weighted by atomic mass is 9.84. The van der Waals surface area contributed by atoms with E-state index in [2.05, 4.69) is 10.2 Å². The molecule has 0 bridgehead atoms. The van der Waals surface area contributed by atoms with Crippen LogP contribution in [0.15, 0.2) is 18.2 Å². The van der Waals surface area contributed by atoms with Crippen LogP contribution in [0, 0.1) is 5.92 Å². The average molecular weight is 386 g/mol. The second-order valence-corrected chi connectivity index (χ2v) is 8.11. The minimum atomic E-state index is 0.0536. The molecular weight excluding hydrogens is 354 g/mol. The third kappa shape index (κ3) is 3.94. The zero-order valence-corrected chi connectivity index (χ0v) is 16.5. The molecule has 1 aromatic rings. The summed E-state index contributed by atoms with van der Waals surface area (Å²) in [6.07, 6.45) is 4.26. The highest BCUT2D eigenvalue weighted by Gasteiger charge is 2.31. The van der Waals surface area contributed by atoms with Crippen LogP contribution in [0.5, 0.6) is 0 Å². The van der Waals surface area contributed by atoms with Gasteiger partial charge in [-0.1, -0.05) is 6.42 Å². The Morgan fingerprint density at radius 1 is 0.929 bits per heavy atom. The second-order valence-electron chi connectivity index (χ2n) is 8.11. The summed E-state index contributed by atoms with van der Waals surface area (Å²) in [6.45, 7) is 6.37. The lowest BCUT2D eigenvalue weighted by Crippen LogP contribution is -2.51. The predicted molar refractivity (Wildman–Crippen MR) is 110 cm³/mol. The first-order valence-corrected chi connectivity index (χ1v) is 10.6. The van der Waals surface area contributed by atoms with Gasteiger partial charge in [0.2, 0.25) is 5.91 Å². The van der Waals surface area contributed by atoms with E-state index in [9.17, 15) is 9.59 Å². The van der Waals surface area contributed by atoms with E-state index < -0.39 is 0 Å². The Morgan fingerprint density at radius 2 is 1.71 bits per heavy atom. The Morgan fingerprint density at radius 3 is 2.39 bits per heavy atom. The number of nitrogens with two attached hydrogens (primary N) is 1. The minimum absolute atomic E-state index is 0.0536. The monoisotopic (exact) mass is 385 g/mol.